The largest absolute Gasteiger partial charge is 0.465 e. The molecule has 0 atom stereocenters. The van der Waals surface area contributed by atoms with E-state index in [1.807, 2.05) is 31.3 Å². The number of nitrogens with zero attached hydrogens (tertiary/aromatic N) is 4. The minimum atomic E-state index is -0.837. The number of hydrogen-bond acceptors (Lipinski definition) is 3. The second kappa shape index (κ2) is 7.19. The van der Waals surface area contributed by atoms with Crippen LogP contribution in [0.4, 0.5) is 10.6 Å². The Morgan fingerprint density at radius 1 is 1.20 bits per heavy atom. The fourth-order valence-electron chi connectivity index (χ4n) is 3.50. The summed E-state index contributed by atoms with van der Waals surface area (Å²) >= 11 is 0. The number of hydrogen-bond donors (Lipinski definition) is 1. The molecule has 1 aliphatic rings. The Hall–Kier alpha value is -2.47. The molecule has 0 saturated carbocycles. The Morgan fingerprint density at radius 3 is 2.60 bits per heavy atom. The summed E-state index contributed by atoms with van der Waals surface area (Å²) in [7, 11) is 0. The van der Waals surface area contributed by atoms with Crippen molar-refractivity contribution in [1.82, 2.24) is 19.4 Å². The summed E-state index contributed by atoms with van der Waals surface area (Å²) in [6.45, 7) is 7.51. The van der Waals surface area contributed by atoms with Crippen LogP contribution in [0.25, 0.3) is 0 Å². The van der Waals surface area contributed by atoms with Crippen LogP contribution < -0.4 is 4.48 Å². The average Bonchev–Trinajstić information content (AvgIpc) is 2.61. The van der Waals surface area contributed by atoms with Crippen LogP contribution in [0.3, 0.4) is 0 Å². The first-order chi connectivity index (χ1) is 12.0. The van der Waals surface area contributed by atoms with Crippen LogP contribution in [0, 0.1) is 13.8 Å². The molecule has 1 N–H and O–H groups in total. The van der Waals surface area contributed by atoms with Gasteiger partial charge in [0.25, 0.3) is 0 Å². The molecule has 2 aromatic rings. The Bertz CT molecular complexity index is 755. The molecular formula is C19H25N4O2+. The number of piperazine rings is 1. The van der Waals surface area contributed by atoms with Gasteiger partial charge in [-0.05, 0) is 31.5 Å². The first-order valence-corrected chi connectivity index (χ1v) is 8.69. The number of pyridine rings is 2. The van der Waals surface area contributed by atoms with Gasteiger partial charge in [0.05, 0.1) is 19.6 Å². The van der Waals surface area contributed by atoms with Crippen molar-refractivity contribution >= 4 is 11.9 Å². The van der Waals surface area contributed by atoms with E-state index in [1.165, 1.54) is 10.5 Å². The van der Waals surface area contributed by atoms with E-state index in [9.17, 15) is 9.90 Å². The van der Waals surface area contributed by atoms with Gasteiger partial charge in [-0.25, -0.2) is 9.78 Å². The lowest BCUT2D eigenvalue weighted by atomic mass is 10.1. The van der Waals surface area contributed by atoms with Crippen molar-refractivity contribution in [3.05, 3.63) is 53.5 Å². The lowest BCUT2D eigenvalue weighted by molar-refractivity contribution is 0.106. The number of aromatic nitrogens is 2. The second-order valence-electron chi connectivity index (χ2n) is 6.74. The fourth-order valence-corrected chi connectivity index (χ4v) is 3.50. The molecule has 0 bridgehead atoms. The van der Waals surface area contributed by atoms with Crippen LogP contribution in [-0.4, -0.2) is 58.8 Å². The van der Waals surface area contributed by atoms with Crippen molar-refractivity contribution in [2.24, 2.45) is 0 Å². The van der Waals surface area contributed by atoms with Crippen molar-refractivity contribution in [1.29, 1.82) is 0 Å². The summed E-state index contributed by atoms with van der Waals surface area (Å²) in [5.41, 5.74) is 3.29. The van der Waals surface area contributed by atoms with E-state index < -0.39 is 6.09 Å². The minimum absolute atomic E-state index is 0.534. The normalized spacial score (nSPS) is 16.6. The molecule has 6 heteroatoms. The lowest BCUT2D eigenvalue weighted by Crippen LogP contribution is -2.62. The number of aryl methyl sites for hydroxylation is 2. The first-order valence-electron chi connectivity index (χ1n) is 8.69. The SMILES string of the molecule is Cc1cccc([N+]2(CCc3ncccc3C)CCN(C(=O)O)CC2)n1. The van der Waals surface area contributed by atoms with E-state index in [2.05, 4.69) is 24.0 Å². The highest BCUT2D eigenvalue weighted by Crippen LogP contribution is 2.25. The molecule has 0 aromatic carbocycles. The number of carboxylic acid groups (broad SMARTS) is 1. The zero-order valence-corrected chi connectivity index (χ0v) is 14.9. The Balaban J connectivity index is 1.85. The number of carbonyl (C=O) groups is 1. The molecule has 1 fully saturated rings. The number of quaternary nitrogens is 1. The molecule has 3 rings (SSSR count). The summed E-state index contributed by atoms with van der Waals surface area (Å²) in [5, 5.41) is 9.26. The molecule has 0 aliphatic carbocycles. The van der Waals surface area contributed by atoms with Gasteiger partial charge in [0.1, 0.15) is 13.1 Å². The van der Waals surface area contributed by atoms with Crippen molar-refractivity contribution in [2.45, 2.75) is 20.3 Å². The highest BCUT2D eigenvalue weighted by atomic mass is 16.4. The summed E-state index contributed by atoms with van der Waals surface area (Å²) in [5.74, 6) is 1.03. The van der Waals surface area contributed by atoms with Gasteiger partial charge in [-0.2, -0.15) is 0 Å². The summed E-state index contributed by atoms with van der Waals surface area (Å²) in [6, 6.07) is 10.1. The molecule has 25 heavy (non-hydrogen) atoms. The third-order valence-electron chi connectivity index (χ3n) is 5.12. The topological polar surface area (TPSA) is 66.3 Å². The first kappa shape index (κ1) is 17.4. The Kier molecular flexibility index (Phi) is 4.99. The van der Waals surface area contributed by atoms with E-state index in [-0.39, 0.29) is 0 Å². The Labute approximate surface area is 148 Å². The molecule has 0 unspecified atom stereocenters. The van der Waals surface area contributed by atoms with Gasteiger partial charge < -0.3 is 5.11 Å². The summed E-state index contributed by atoms with van der Waals surface area (Å²) in [6.07, 6.45) is 1.85. The molecule has 0 spiro atoms. The number of amides is 1. The monoisotopic (exact) mass is 341 g/mol. The van der Waals surface area contributed by atoms with E-state index >= 15 is 0 Å². The molecule has 1 saturated heterocycles. The van der Waals surface area contributed by atoms with Crippen molar-refractivity contribution < 1.29 is 9.90 Å². The van der Waals surface area contributed by atoms with Gasteiger partial charge in [-0.15, -0.1) is 0 Å². The van der Waals surface area contributed by atoms with Gasteiger partial charge in [0, 0.05) is 30.1 Å². The van der Waals surface area contributed by atoms with Crippen LogP contribution in [0.15, 0.2) is 36.5 Å². The second-order valence-corrected chi connectivity index (χ2v) is 6.74. The van der Waals surface area contributed by atoms with Crippen molar-refractivity contribution in [3.63, 3.8) is 0 Å². The number of rotatable bonds is 4. The van der Waals surface area contributed by atoms with Gasteiger partial charge in [0.2, 0.25) is 5.82 Å². The standard InChI is InChI=1S/C19H24N4O2/c1-15-5-4-9-20-17(15)8-12-23(18-7-3-6-16(2)21-18)13-10-22(11-14-23)19(24)25/h3-7,9H,8,10-14H2,1-2H3/p+1. The molecule has 6 nitrogen and oxygen atoms in total. The molecule has 0 radical (unpaired) electrons. The lowest BCUT2D eigenvalue weighted by Gasteiger charge is -2.42. The molecule has 132 valence electrons. The highest BCUT2D eigenvalue weighted by Gasteiger charge is 2.37. The molecule has 3 heterocycles. The zero-order chi connectivity index (χ0) is 17.9. The van der Waals surface area contributed by atoms with Crippen LogP contribution in [-0.2, 0) is 6.42 Å². The fraction of sp³-hybridized carbons (Fsp3) is 0.421. The average molecular weight is 341 g/mol. The van der Waals surface area contributed by atoms with Crippen molar-refractivity contribution in [2.75, 3.05) is 32.7 Å². The maximum absolute atomic E-state index is 11.3. The summed E-state index contributed by atoms with van der Waals surface area (Å²) in [4.78, 5) is 22.0. The molecule has 1 aliphatic heterocycles. The van der Waals surface area contributed by atoms with Crippen LogP contribution >= 0.6 is 0 Å². The molecule has 2 aromatic heterocycles. The van der Waals surface area contributed by atoms with Crippen LogP contribution in [0.2, 0.25) is 0 Å². The van der Waals surface area contributed by atoms with Gasteiger partial charge in [0.15, 0.2) is 0 Å². The van der Waals surface area contributed by atoms with E-state index in [0.717, 1.165) is 43.3 Å². The van der Waals surface area contributed by atoms with Gasteiger partial charge in [-0.3, -0.25) is 14.4 Å². The highest BCUT2D eigenvalue weighted by molar-refractivity contribution is 5.65. The maximum Gasteiger partial charge on any atom is 0.407 e. The third-order valence-corrected chi connectivity index (χ3v) is 5.12. The quantitative estimate of drug-likeness (QED) is 0.868. The summed E-state index contributed by atoms with van der Waals surface area (Å²) < 4.78 is 0.710. The smallest absolute Gasteiger partial charge is 0.407 e. The zero-order valence-electron chi connectivity index (χ0n) is 14.9. The van der Waals surface area contributed by atoms with Crippen molar-refractivity contribution in [3.8, 4) is 0 Å². The van der Waals surface area contributed by atoms with Crippen LogP contribution in [0.5, 0.6) is 0 Å². The van der Waals surface area contributed by atoms with E-state index in [0.29, 0.717) is 17.6 Å². The molecule has 1 amide bonds. The predicted octanol–water partition coefficient (Wildman–Crippen LogP) is 2.64. The molecular weight excluding hydrogens is 316 g/mol. The minimum Gasteiger partial charge on any atom is -0.465 e. The predicted molar refractivity (Wildman–Crippen MR) is 97.6 cm³/mol. The van der Waals surface area contributed by atoms with Gasteiger partial charge >= 0.3 is 6.09 Å². The van der Waals surface area contributed by atoms with E-state index in [4.69, 9.17) is 4.98 Å². The van der Waals surface area contributed by atoms with Gasteiger partial charge in [-0.1, -0.05) is 12.1 Å². The maximum atomic E-state index is 11.3. The Morgan fingerprint density at radius 2 is 1.96 bits per heavy atom. The van der Waals surface area contributed by atoms with Crippen LogP contribution in [0.1, 0.15) is 17.0 Å². The third kappa shape index (κ3) is 3.79. The van der Waals surface area contributed by atoms with E-state index in [1.54, 1.807) is 0 Å².